The van der Waals surface area contributed by atoms with Crippen LogP contribution < -0.4 is 0 Å². The lowest BCUT2D eigenvalue weighted by molar-refractivity contribution is 0.285. The maximum Gasteiger partial charge on any atom is 0.192 e. The third-order valence-electron chi connectivity index (χ3n) is 3.03. The van der Waals surface area contributed by atoms with Gasteiger partial charge in [0.15, 0.2) is 8.32 Å². The molecule has 0 aliphatic heterocycles. The highest BCUT2D eigenvalue weighted by Gasteiger charge is 2.37. The monoisotopic (exact) mass is 280 g/mol. The van der Waals surface area contributed by atoms with Gasteiger partial charge in [-0.05, 0) is 24.6 Å². The Morgan fingerprint density at radius 2 is 1.79 bits per heavy atom. The molecule has 0 heterocycles. The number of hydrogen-bond donors (Lipinski definition) is 0. The van der Waals surface area contributed by atoms with Crippen molar-refractivity contribution in [2.45, 2.75) is 63.5 Å². The van der Waals surface area contributed by atoms with Gasteiger partial charge in [0, 0.05) is 11.4 Å². The molecule has 1 unspecified atom stereocenters. The Labute approximate surface area is 98.9 Å². The summed E-state index contributed by atoms with van der Waals surface area (Å²) in [5.74, 6) is 0. The van der Waals surface area contributed by atoms with Gasteiger partial charge in [-0.2, -0.15) is 0 Å². The second kappa shape index (κ2) is 5.66. The van der Waals surface area contributed by atoms with Gasteiger partial charge < -0.3 is 4.43 Å². The molecule has 1 atom stereocenters. The van der Waals surface area contributed by atoms with Gasteiger partial charge in [0.1, 0.15) is 0 Å². The first-order valence-electron chi connectivity index (χ1n) is 5.48. The number of rotatable bonds is 5. The van der Waals surface area contributed by atoms with Crippen LogP contribution >= 0.6 is 15.9 Å². The van der Waals surface area contributed by atoms with E-state index >= 15 is 0 Å². The average Bonchev–Trinajstić information content (AvgIpc) is 1.99. The summed E-state index contributed by atoms with van der Waals surface area (Å²) in [4.78, 5) is 0.529. The summed E-state index contributed by atoms with van der Waals surface area (Å²) in [5.41, 5.74) is 0. The lowest BCUT2D eigenvalue weighted by Gasteiger charge is -2.36. The van der Waals surface area contributed by atoms with E-state index in [4.69, 9.17) is 4.43 Å². The zero-order chi connectivity index (χ0) is 11.4. The number of hydrogen-bond acceptors (Lipinski definition) is 1. The first-order valence-corrected chi connectivity index (χ1v) is 9.31. The number of alkyl halides is 1. The maximum atomic E-state index is 6.10. The van der Waals surface area contributed by atoms with Crippen LogP contribution in [0, 0.1) is 0 Å². The molecule has 14 heavy (non-hydrogen) atoms. The van der Waals surface area contributed by atoms with Crippen LogP contribution in [0.15, 0.2) is 0 Å². The molecule has 0 N–H and O–H groups in total. The van der Waals surface area contributed by atoms with Gasteiger partial charge in [-0.25, -0.2) is 0 Å². The van der Waals surface area contributed by atoms with Crippen LogP contribution in [0.1, 0.15) is 40.5 Å². The van der Waals surface area contributed by atoms with Crippen molar-refractivity contribution >= 4 is 24.2 Å². The molecule has 0 rings (SSSR count). The molecular weight excluding hydrogens is 256 g/mol. The Kier molecular flexibility index (Phi) is 5.93. The fourth-order valence-corrected chi connectivity index (χ4v) is 2.80. The Hall–Kier alpha value is 0.657. The molecule has 0 aliphatic carbocycles. The van der Waals surface area contributed by atoms with E-state index in [9.17, 15) is 0 Å². The predicted molar refractivity (Wildman–Crippen MR) is 70.8 cm³/mol. The van der Waals surface area contributed by atoms with Crippen molar-refractivity contribution in [3.63, 3.8) is 0 Å². The van der Waals surface area contributed by atoms with Gasteiger partial charge in [-0.3, -0.25) is 0 Å². The third kappa shape index (κ3) is 4.94. The van der Waals surface area contributed by atoms with Gasteiger partial charge in [-0.1, -0.05) is 50.0 Å². The van der Waals surface area contributed by atoms with E-state index in [0.29, 0.717) is 9.87 Å². The molecule has 0 fully saturated rings. The first kappa shape index (κ1) is 14.7. The lowest BCUT2D eigenvalue weighted by Crippen LogP contribution is -2.42. The zero-order valence-electron chi connectivity index (χ0n) is 10.5. The smallest absolute Gasteiger partial charge is 0.192 e. The van der Waals surface area contributed by atoms with E-state index in [1.807, 2.05) is 0 Å². The molecule has 1 nitrogen and oxygen atoms in total. The zero-order valence-corrected chi connectivity index (χ0v) is 13.1. The molecule has 0 aromatic carbocycles. The number of halogens is 1. The minimum absolute atomic E-state index is 0.325. The minimum Gasteiger partial charge on any atom is -0.416 e. The van der Waals surface area contributed by atoms with Crippen LogP contribution in [0.25, 0.3) is 0 Å². The predicted octanol–water partition coefficient (Wildman–Crippen LogP) is 4.57. The van der Waals surface area contributed by atoms with Crippen LogP contribution in [0.4, 0.5) is 0 Å². The van der Waals surface area contributed by atoms with E-state index in [1.165, 1.54) is 12.8 Å². The van der Waals surface area contributed by atoms with E-state index in [0.717, 1.165) is 6.61 Å². The molecule has 0 radical (unpaired) electrons. The van der Waals surface area contributed by atoms with Crippen molar-refractivity contribution in [1.82, 2.24) is 0 Å². The standard InChI is InChI=1S/C11H25BrOSi/c1-7-8-10(12)9-13-14(5,6)11(2,3)4/h10H,7-9H2,1-6H3. The maximum absolute atomic E-state index is 6.10. The molecule has 0 aromatic rings. The highest BCUT2D eigenvalue weighted by atomic mass is 79.9. The van der Waals surface area contributed by atoms with Gasteiger partial charge in [0.05, 0.1) is 0 Å². The van der Waals surface area contributed by atoms with Crippen molar-refractivity contribution in [3.8, 4) is 0 Å². The van der Waals surface area contributed by atoms with Crippen molar-refractivity contribution in [2.24, 2.45) is 0 Å². The molecule has 0 bridgehead atoms. The van der Waals surface area contributed by atoms with Crippen LogP contribution in [0.5, 0.6) is 0 Å². The molecule has 0 saturated heterocycles. The second-order valence-corrected chi connectivity index (χ2v) is 11.6. The minimum atomic E-state index is -1.53. The van der Waals surface area contributed by atoms with Crippen molar-refractivity contribution in [2.75, 3.05) is 6.61 Å². The van der Waals surface area contributed by atoms with Crippen LogP contribution in [0.2, 0.25) is 18.1 Å². The summed E-state index contributed by atoms with van der Waals surface area (Å²) in [6.45, 7) is 14.5. The van der Waals surface area contributed by atoms with Gasteiger partial charge >= 0.3 is 0 Å². The van der Waals surface area contributed by atoms with Crippen LogP contribution in [-0.2, 0) is 4.43 Å². The summed E-state index contributed by atoms with van der Waals surface area (Å²) in [5, 5.41) is 0.325. The largest absolute Gasteiger partial charge is 0.416 e. The lowest BCUT2D eigenvalue weighted by atomic mass is 10.2. The Morgan fingerprint density at radius 1 is 1.29 bits per heavy atom. The highest BCUT2D eigenvalue weighted by Crippen LogP contribution is 2.36. The van der Waals surface area contributed by atoms with Gasteiger partial charge in [0.2, 0.25) is 0 Å². The first-order chi connectivity index (χ1) is 6.20. The van der Waals surface area contributed by atoms with Crippen LogP contribution in [0.3, 0.4) is 0 Å². The molecular formula is C11H25BrOSi. The topological polar surface area (TPSA) is 9.23 Å². The molecule has 86 valence electrons. The Bertz CT molecular complexity index is 163. The molecule has 0 aliphatic rings. The molecule has 3 heteroatoms. The summed E-state index contributed by atoms with van der Waals surface area (Å²) in [7, 11) is -1.53. The average molecular weight is 281 g/mol. The summed E-state index contributed by atoms with van der Waals surface area (Å²) in [6, 6.07) is 0. The van der Waals surface area contributed by atoms with Gasteiger partial charge in [-0.15, -0.1) is 0 Å². The molecule has 0 aromatic heterocycles. The highest BCUT2D eigenvalue weighted by molar-refractivity contribution is 9.09. The second-order valence-electron chi connectivity index (χ2n) is 5.46. The fraction of sp³-hybridized carbons (Fsp3) is 1.00. The van der Waals surface area contributed by atoms with E-state index < -0.39 is 8.32 Å². The SMILES string of the molecule is CCCC(Br)CO[Si](C)(C)C(C)(C)C. The molecule has 0 spiro atoms. The quantitative estimate of drug-likeness (QED) is 0.530. The van der Waals surface area contributed by atoms with Crippen molar-refractivity contribution in [3.05, 3.63) is 0 Å². The fourth-order valence-electron chi connectivity index (χ4n) is 0.912. The van der Waals surface area contributed by atoms with E-state index in [-0.39, 0.29) is 0 Å². The van der Waals surface area contributed by atoms with Crippen molar-refractivity contribution < 1.29 is 4.43 Å². The molecule has 0 saturated carbocycles. The summed E-state index contributed by atoms with van der Waals surface area (Å²) < 4.78 is 6.10. The van der Waals surface area contributed by atoms with Gasteiger partial charge in [0.25, 0.3) is 0 Å². The van der Waals surface area contributed by atoms with E-state index in [1.54, 1.807) is 0 Å². The third-order valence-corrected chi connectivity index (χ3v) is 8.26. The van der Waals surface area contributed by atoms with Crippen LogP contribution in [-0.4, -0.2) is 19.8 Å². The normalized spacial score (nSPS) is 15.6. The summed E-state index contributed by atoms with van der Waals surface area (Å²) >= 11 is 3.65. The van der Waals surface area contributed by atoms with Crippen molar-refractivity contribution in [1.29, 1.82) is 0 Å². The summed E-state index contributed by atoms with van der Waals surface area (Å²) in [6.07, 6.45) is 2.42. The Morgan fingerprint density at radius 3 is 2.14 bits per heavy atom. The van der Waals surface area contributed by atoms with E-state index in [2.05, 4.69) is 56.7 Å². The Balaban J connectivity index is 3.99. The molecule has 0 amide bonds.